The van der Waals surface area contributed by atoms with Crippen LogP contribution in [-0.2, 0) is 11.2 Å². The third-order valence-electron chi connectivity index (χ3n) is 4.78. The molecule has 1 heterocycles. The van der Waals surface area contributed by atoms with Gasteiger partial charge < -0.3 is 19.4 Å². The van der Waals surface area contributed by atoms with Crippen molar-refractivity contribution in [1.29, 1.82) is 0 Å². The molecule has 3 rings (SSSR count). The Morgan fingerprint density at radius 1 is 1.07 bits per heavy atom. The number of fused-ring (bicyclic) bond motifs is 1. The second-order valence-corrected chi connectivity index (χ2v) is 6.79. The third-order valence-corrected chi connectivity index (χ3v) is 4.78. The number of amides is 1. The SMILES string of the molecule is COc1ccc(OCCN(C)C(=O)Cc2c(C)[nH]c3ccc(C)cc23)cc1. The fourth-order valence-electron chi connectivity index (χ4n) is 3.11. The number of hydrogen-bond donors (Lipinski definition) is 1. The Bertz CT molecular complexity index is 929. The smallest absolute Gasteiger partial charge is 0.226 e. The number of benzene rings is 2. The lowest BCUT2D eigenvalue weighted by Crippen LogP contribution is -2.32. The van der Waals surface area contributed by atoms with Crippen LogP contribution in [0.3, 0.4) is 0 Å². The molecule has 0 aliphatic rings. The number of nitrogens with zero attached hydrogens (tertiary/aromatic N) is 1. The molecule has 27 heavy (non-hydrogen) atoms. The normalized spacial score (nSPS) is 10.8. The molecule has 0 spiro atoms. The molecule has 3 aromatic rings. The molecular formula is C22H26N2O3. The van der Waals surface area contributed by atoms with Gasteiger partial charge in [-0.15, -0.1) is 0 Å². The lowest BCUT2D eigenvalue weighted by Gasteiger charge is -2.18. The number of aromatic nitrogens is 1. The summed E-state index contributed by atoms with van der Waals surface area (Å²) in [5.74, 6) is 1.64. The number of methoxy groups -OCH3 is 1. The standard InChI is InChI=1S/C22H26N2O3/c1-15-5-10-21-20(13-15)19(16(2)23-21)14-22(25)24(3)11-12-27-18-8-6-17(26-4)7-9-18/h5-10,13,23H,11-12,14H2,1-4H3. The monoisotopic (exact) mass is 366 g/mol. The summed E-state index contributed by atoms with van der Waals surface area (Å²) >= 11 is 0. The van der Waals surface area contributed by atoms with E-state index in [4.69, 9.17) is 9.47 Å². The maximum atomic E-state index is 12.7. The third kappa shape index (κ3) is 4.42. The molecule has 5 nitrogen and oxygen atoms in total. The summed E-state index contributed by atoms with van der Waals surface area (Å²) in [4.78, 5) is 17.7. The van der Waals surface area contributed by atoms with Crippen LogP contribution in [0.4, 0.5) is 0 Å². The van der Waals surface area contributed by atoms with Gasteiger partial charge in [0.05, 0.1) is 20.1 Å². The molecule has 0 saturated carbocycles. The molecule has 142 valence electrons. The number of aryl methyl sites for hydroxylation is 2. The molecule has 0 fully saturated rings. The van der Waals surface area contributed by atoms with E-state index in [1.54, 1.807) is 12.0 Å². The van der Waals surface area contributed by atoms with Crippen molar-refractivity contribution in [3.8, 4) is 11.5 Å². The summed E-state index contributed by atoms with van der Waals surface area (Å²) in [5, 5.41) is 1.13. The van der Waals surface area contributed by atoms with Gasteiger partial charge in [-0.25, -0.2) is 0 Å². The predicted octanol–water partition coefficient (Wildman–Crippen LogP) is 3.87. The Morgan fingerprint density at radius 3 is 2.48 bits per heavy atom. The van der Waals surface area contributed by atoms with Crippen LogP contribution in [0, 0.1) is 13.8 Å². The number of nitrogens with one attached hydrogen (secondary N) is 1. The molecule has 0 atom stereocenters. The van der Waals surface area contributed by atoms with Crippen molar-refractivity contribution < 1.29 is 14.3 Å². The molecule has 0 radical (unpaired) electrons. The van der Waals surface area contributed by atoms with E-state index in [0.717, 1.165) is 33.7 Å². The Balaban J connectivity index is 1.57. The van der Waals surface area contributed by atoms with Crippen LogP contribution < -0.4 is 9.47 Å². The predicted molar refractivity (Wildman–Crippen MR) is 108 cm³/mol. The second kappa shape index (κ2) is 8.16. The van der Waals surface area contributed by atoms with E-state index >= 15 is 0 Å². The van der Waals surface area contributed by atoms with E-state index in [0.29, 0.717) is 19.6 Å². The molecule has 1 N–H and O–H groups in total. The van der Waals surface area contributed by atoms with Gasteiger partial charge in [-0.05, 0) is 55.8 Å². The van der Waals surface area contributed by atoms with Gasteiger partial charge in [0.2, 0.25) is 5.91 Å². The summed E-state index contributed by atoms with van der Waals surface area (Å²) in [5.41, 5.74) is 4.39. The zero-order chi connectivity index (χ0) is 19.4. The van der Waals surface area contributed by atoms with E-state index in [1.807, 2.05) is 38.2 Å². The van der Waals surface area contributed by atoms with E-state index in [1.165, 1.54) is 5.56 Å². The summed E-state index contributed by atoms with van der Waals surface area (Å²) in [6.07, 6.45) is 0.383. The summed E-state index contributed by atoms with van der Waals surface area (Å²) in [7, 11) is 3.45. The molecule has 0 bridgehead atoms. The molecule has 0 aliphatic carbocycles. The van der Waals surface area contributed by atoms with Crippen LogP contribution in [-0.4, -0.2) is 43.1 Å². The van der Waals surface area contributed by atoms with Crippen LogP contribution in [0.2, 0.25) is 0 Å². The topological polar surface area (TPSA) is 54.6 Å². The fraction of sp³-hybridized carbons (Fsp3) is 0.318. The molecule has 0 saturated heterocycles. The van der Waals surface area contributed by atoms with Crippen LogP contribution in [0.5, 0.6) is 11.5 Å². The number of carbonyl (C=O) groups is 1. The van der Waals surface area contributed by atoms with Crippen molar-refractivity contribution in [2.75, 3.05) is 27.3 Å². The van der Waals surface area contributed by atoms with Gasteiger partial charge in [0, 0.05) is 23.6 Å². The molecule has 5 heteroatoms. The molecular weight excluding hydrogens is 340 g/mol. The Labute approximate surface area is 159 Å². The molecule has 1 aromatic heterocycles. The Hall–Kier alpha value is -2.95. The van der Waals surface area contributed by atoms with E-state index < -0.39 is 0 Å². The van der Waals surface area contributed by atoms with Crippen molar-refractivity contribution in [3.05, 3.63) is 59.3 Å². The minimum absolute atomic E-state index is 0.0823. The average molecular weight is 366 g/mol. The highest BCUT2D eigenvalue weighted by Gasteiger charge is 2.15. The maximum Gasteiger partial charge on any atom is 0.226 e. The van der Waals surface area contributed by atoms with Crippen molar-refractivity contribution >= 4 is 16.8 Å². The highest BCUT2D eigenvalue weighted by molar-refractivity contribution is 5.90. The summed E-state index contributed by atoms with van der Waals surface area (Å²) < 4.78 is 10.8. The van der Waals surface area contributed by atoms with Crippen molar-refractivity contribution in [2.45, 2.75) is 20.3 Å². The first-order chi connectivity index (χ1) is 13.0. The minimum atomic E-state index is 0.0823. The highest BCUT2D eigenvalue weighted by atomic mass is 16.5. The largest absolute Gasteiger partial charge is 0.497 e. The number of hydrogen-bond acceptors (Lipinski definition) is 3. The lowest BCUT2D eigenvalue weighted by atomic mass is 10.1. The number of rotatable bonds is 7. The van der Waals surface area contributed by atoms with Gasteiger partial charge >= 0.3 is 0 Å². The summed E-state index contributed by atoms with van der Waals surface area (Å²) in [6.45, 7) is 5.06. The first-order valence-corrected chi connectivity index (χ1v) is 9.06. The van der Waals surface area contributed by atoms with E-state index in [9.17, 15) is 4.79 Å². The minimum Gasteiger partial charge on any atom is -0.497 e. The van der Waals surface area contributed by atoms with Crippen molar-refractivity contribution in [1.82, 2.24) is 9.88 Å². The van der Waals surface area contributed by atoms with Crippen molar-refractivity contribution in [3.63, 3.8) is 0 Å². The van der Waals surface area contributed by atoms with E-state index in [2.05, 4.69) is 30.1 Å². The number of carbonyl (C=O) groups excluding carboxylic acids is 1. The van der Waals surface area contributed by atoms with Crippen molar-refractivity contribution in [2.24, 2.45) is 0 Å². The van der Waals surface area contributed by atoms with Gasteiger partial charge in [-0.3, -0.25) is 4.79 Å². The van der Waals surface area contributed by atoms with E-state index in [-0.39, 0.29) is 5.91 Å². The molecule has 0 unspecified atom stereocenters. The van der Waals surface area contributed by atoms with Crippen LogP contribution in [0.1, 0.15) is 16.8 Å². The van der Waals surface area contributed by atoms with Gasteiger partial charge in [-0.2, -0.15) is 0 Å². The first-order valence-electron chi connectivity index (χ1n) is 9.06. The van der Waals surface area contributed by atoms with Crippen LogP contribution in [0.15, 0.2) is 42.5 Å². The van der Waals surface area contributed by atoms with Crippen LogP contribution in [0.25, 0.3) is 10.9 Å². The number of likely N-dealkylation sites (N-methyl/N-ethyl adjacent to an activating group) is 1. The van der Waals surface area contributed by atoms with Crippen LogP contribution >= 0.6 is 0 Å². The highest BCUT2D eigenvalue weighted by Crippen LogP contribution is 2.24. The summed E-state index contributed by atoms with van der Waals surface area (Å²) in [6, 6.07) is 13.7. The molecule has 2 aromatic carbocycles. The molecule has 1 amide bonds. The number of aromatic amines is 1. The van der Waals surface area contributed by atoms with Gasteiger partial charge in [0.15, 0.2) is 0 Å². The first kappa shape index (κ1) is 18.8. The Morgan fingerprint density at radius 2 is 1.78 bits per heavy atom. The van der Waals surface area contributed by atoms with Gasteiger partial charge in [0.1, 0.15) is 18.1 Å². The second-order valence-electron chi connectivity index (χ2n) is 6.79. The zero-order valence-electron chi connectivity index (χ0n) is 16.3. The number of H-pyrrole nitrogens is 1. The van der Waals surface area contributed by atoms with Gasteiger partial charge in [-0.1, -0.05) is 11.6 Å². The quantitative estimate of drug-likeness (QED) is 0.690. The maximum absolute atomic E-state index is 12.7. The fourth-order valence-corrected chi connectivity index (χ4v) is 3.11. The average Bonchev–Trinajstić information content (AvgIpc) is 2.97. The lowest BCUT2D eigenvalue weighted by molar-refractivity contribution is -0.129. The molecule has 0 aliphatic heterocycles. The number of ether oxygens (including phenoxy) is 2. The Kier molecular flexibility index (Phi) is 5.69. The van der Waals surface area contributed by atoms with Gasteiger partial charge in [0.25, 0.3) is 0 Å². The zero-order valence-corrected chi connectivity index (χ0v) is 16.3.